The van der Waals surface area contributed by atoms with Crippen molar-refractivity contribution in [3.05, 3.63) is 17.5 Å². The highest BCUT2D eigenvalue weighted by Gasteiger charge is 2.16. The molecule has 17 heavy (non-hydrogen) atoms. The van der Waals surface area contributed by atoms with Crippen LogP contribution in [-0.4, -0.2) is 49.6 Å². The summed E-state index contributed by atoms with van der Waals surface area (Å²) in [4.78, 5) is 11.7. The minimum atomic E-state index is -0.463. The zero-order chi connectivity index (χ0) is 12.7. The van der Waals surface area contributed by atoms with Crippen LogP contribution >= 0.6 is 0 Å². The van der Waals surface area contributed by atoms with Crippen molar-refractivity contribution in [3.8, 4) is 0 Å². The minimum Gasteiger partial charge on any atom is -0.394 e. The molecule has 0 aliphatic rings. The molecule has 0 aromatic carbocycles. The number of aromatic nitrogens is 1. The van der Waals surface area contributed by atoms with Crippen LogP contribution in [0.3, 0.4) is 0 Å². The second-order valence-electron chi connectivity index (χ2n) is 3.42. The normalized spacial score (nSPS) is 12.4. The maximum absolute atomic E-state index is 11.7. The number of ether oxygens (including phenoxy) is 2. The van der Waals surface area contributed by atoms with Crippen molar-refractivity contribution in [3.63, 3.8) is 0 Å². The van der Waals surface area contributed by atoms with E-state index in [0.717, 1.165) is 0 Å². The molecule has 0 bridgehead atoms. The third-order valence-electron chi connectivity index (χ3n) is 2.00. The number of aliphatic hydroxyl groups excluding tert-OH is 1. The molecule has 96 valence electrons. The molecule has 1 amide bonds. The molecule has 1 rings (SSSR count). The van der Waals surface area contributed by atoms with Crippen LogP contribution in [0.25, 0.3) is 0 Å². The molecule has 0 aliphatic carbocycles. The highest BCUT2D eigenvalue weighted by molar-refractivity contribution is 5.92. The molecule has 1 atom stereocenters. The number of amides is 1. The fourth-order valence-corrected chi connectivity index (χ4v) is 1.23. The summed E-state index contributed by atoms with van der Waals surface area (Å²) in [5, 5.41) is 15.1. The maximum atomic E-state index is 11.7. The third kappa shape index (κ3) is 4.14. The monoisotopic (exact) mass is 244 g/mol. The van der Waals surface area contributed by atoms with Gasteiger partial charge in [0, 0.05) is 20.3 Å². The van der Waals surface area contributed by atoms with E-state index in [1.165, 1.54) is 20.3 Å². The van der Waals surface area contributed by atoms with Gasteiger partial charge < -0.3 is 24.4 Å². The van der Waals surface area contributed by atoms with Crippen LogP contribution in [0.1, 0.15) is 16.2 Å². The van der Waals surface area contributed by atoms with Gasteiger partial charge in [-0.15, -0.1) is 0 Å². The molecule has 1 heterocycles. The van der Waals surface area contributed by atoms with Crippen LogP contribution < -0.4 is 5.32 Å². The highest BCUT2D eigenvalue weighted by atomic mass is 16.5. The Morgan fingerprint density at radius 2 is 2.35 bits per heavy atom. The summed E-state index contributed by atoms with van der Waals surface area (Å²) < 4.78 is 14.5. The molecular weight excluding hydrogens is 228 g/mol. The van der Waals surface area contributed by atoms with Crippen molar-refractivity contribution in [2.45, 2.75) is 12.6 Å². The Balaban J connectivity index is 2.55. The Kier molecular flexibility index (Phi) is 5.61. The average molecular weight is 244 g/mol. The van der Waals surface area contributed by atoms with Crippen molar-refractivity contribution < 1.29 is 23.9 Å². The van der Waals surface area contributed by atoms with Gasteiger partial charge in [-0.3, -0.25) is 4.79 Å². The van der Waals surface area contributed by atoms with Gasteiger partial charge in [-0.2, -0.15) is 0 Å². The highest BCUT2D eigenvalue weighted by Crippen LogP contribution is 2.04. The van der Waals surface area contributed by atoms with Gasteiger partial charge in [-0.1, -0.05) is 5.16 Å². The van der Waals surface area contributed by atoms with E-state index in [-0.39, 0.29) is 25.5 Å². The van der Waals surface area contributed by atoms with Crippen molar-refractivity contribution >= 4 is 5.91 Å². The number of hydrogen-bond donors (Lipinski definition) is 2. The number of nitrogens with zero attached hydrogens (tertiary/aromatic N) is 1. The van der Waals surface area contributed by atoms with E-state index in [2.05, 4.69) is 10.5 Å². The molecule has 1 aromatic rings. The van der Waals surface area contributed by atoms with E-state index < -0.39 is 11.9 Å². The number of nitrogens with one attached hydrogen (secondary N) is 1. The van der Waals surface area contributed by atoms with E-state index in [9.17, 15) is 4.79 Å². The van der Waals surface area contributed by atoms with Gasteiger partial charge in [0.1, 0.15) is 6.61 Å². The first-order chi connectivity index (χ1) is 8.21. The molecule has 7 heteroatoms. The number of hydrogen-bond acceptors (Lipinski definition) is 6. The fourth-order valence-electron chi connectivity index (χ4n) is 1.23. The lowest BCUT2D eigenvalue weighted by Gasteiger charge is -2.13. The summed E-state index contributed by atoms with van der Waals surface area (Å²) in [6.07, 6.45) is 0. The van der Waals surface area contributed by atoms with Crippen molar-refractivity contribution in [1.29, 1.82) is 0 Å². The van der Waals surface area contributed by atoms with Crippen LogP contribution in [0.2, 0.25) is 0 Å². The topological polar surface area (TPSA) is 93.8 Å². The molecule has 1 unspecified atom stereocenters. The molecule has 7 nitrogen and oxygen atoms in total. The van der Waals surface area contributed by atoms with Crippen LogP contribution in [0.5, 0.6) is 0 Å². The molecule has 2 N–H and O–H groups in total. The Morgan fingerprint density at radius 3 is 2.94 bits per heavy atom. The predicted octanol–water partition coefficient (Wildman–Crippen LogP) is -0.442. The number of aliphatic hydroxyl groups is 1. The Labute approximate surface area is 98.7 Å². The first-order valence-corrected chi connectivity index (χ1v) is 5.06. The second-order valence-corrected chi connectivity index (χ2v) is 3.42. The van der Waals surface area contributed by atoms with E-state index in [1.54, 1.807) is 0 Å². The zero-order valence-corrected chi connectivity index (χ0v) is 9.80. The van der Waals surface area contributed by atoms with E-state index >= 15 is 0 Å². The van der Waals surface area contributed by atoms with Gasteiger partial charge >= 0.3 is 0 Å². The number of rotatable bonds is 7. The number of carbonyl (C=O) groups is 1. The zero-order valence-electron chi connectivity index (χ0n) is 9.80. The summed E-state index contributed by atoms with van der Waals surface area (Å²) in [7, 11) is 3.00. The molecular formula is C10H16N2O5. The molecule has 1 aromatic heterocycles. The van der Waals surface area contributed by atoms with Gasteiger partial charge in [0.25, 0.3) is 5.91 Å². The molecule has 0 saturated carbocycles. The van der Waals surface area contributed by atoms with Crippen molar-refractivity contribution in [2.75, 3.05) is 27.4 Å². The van der Waals surface area contributed by atoms with E-state index in [4.69, 9.17) is 19.1 Å². The van der Waals surface area contributed by atoms with Gasteiger partial charge in [0.2, 0.25) is 0 Å². The minimum absolute atomic E-state index is 0.145. The van der Waals surface area contributed by atoms with Crippen LogP contribution in [0.15, 0.2) is 10.6 Å². The van der Waals surface area contributed by atoms with E-state index in [1.807, 2.05) is 0 Å². The molecule has 0 spiro atoms. The number of carbonyl (C=O) groups excluding carboxylic acids is 1. The van der Waals surface area contributed by atoms with Crippen molar-refractivity contribution in [2.24, 2.45) is 0 Å². The van der Waals surface area contributed by atoms with Crippen LogP contribution in [0, 0.1) is 0 Å². The lowest BCUT2D eigenvalue weighted by molar-refractivity contribution is 0.0831. The van der Waals surface area contributed by atoms with E-state index in [0.29, 0.717) is 5.76 Å². The summed E-state index contributed by atoms with van der Waals surface area (Å²) in [6, 6.07) is 1.02. The molecule has 0 aliphatic heterocycles. The first kappa shape index (κ1) is 13.6. The van der Waals surface area contributed by atoms with Crippen molar-refractivity contribution in [1.82, 2.24) is 10.5 Å². The molecule has 0 saturated heterocycles. The lowest BCUT2D eigenvalue weighted by atomic mass is 10.3. The summed E-state index contributed by atoms with van der Waals surface area (Å²) in [5.41, 5.74) is 0.145. The van der Waals surface area contributed by atoms with Gasteiger partial charge in [-0.05, 0) is 0 Å². The van der Waals surface area contributed by atoms with Gasteiger partial charge in [0.15, 0.2) is 11.5 Å². The summed E-state index contributed by atoms with van der Waals surface area (Å²) >= 11 is 0. The summed E-state index contributed by atoms with van der Waals surface area (Å²) in [5.74, 6) is 0.0390. The predicted molar refractivity (Wildman–Crippen MR) is 57.4 cm³/mol. The quantitative estimate of drug-likeness (QED) is 0.675. The SMILES string of the molecule is COCc1cc(C(=O)NC(CO)COC)no1. The maximum Gasteiger partial charge on any atom is 0.273 e. The standard InChI is InChI=1S/C10H16N2O5/c1-15-5-7(4-13)11-10(14)9-3-8(6-16-2)17-12-9/h3,7,13H,4-6H2,1-2H3,(H,11,14). The van der Waals surface area contributed by atoms with Gasteiger partial charge in [0.05, 0.1) is 19.3 Å². The Bertz CT molecular complexity index is 352. The average Bonchev–Trinajstić information content (AvgIpc) is 2.77. The fraction of sp³-hybridized carbons (Fsp3) is 0.600. The summed E-state index contributed by atoms with van der Waals surface area (Å²) in [6.45, 7) is 0.273. The second kappa shape index (κ2) is 7.00. The molecule has 0 radical (unpaired) electrons. The van der Waals surface area contributed by atoms with Crippen LogP contribution in [-0.2, 0) is 16.1 Å². The Morgan fingerprint density at radius 1 is 1.59 bits per heavy atom. The lowest BCUT2D eigenvalue weighted by Crippen LogP contribution is -2.40. The smallest absolute Gasteiger partial charge is 0.273 e. The first-order valence-electron chi connectivity index (χ1n) is 5.06. The largest absolute Gasteiger partial charge is 0.394 e. The van der Waals surface area contributed by atoms with Gasteiger partial charge in [-0.25, -0.2) is 0 Å². The Hall–Kier alpha value is -1.44. The van der Waals surface area contributed by atoms with Crippen LogP contribution in [0.4, 0.5) is 0 Å². The molecule has 0 fully saturated rings. The third-order valence-corrected chi connectivity index (χ3v) is 2.00. The number of methoxy groups -OCH3 is 2.